The van der Waals surface area contributed by atoms with E-state index in [0.717, 1.165) is 19.3 Å². The van der Waals surface area contributed by atoms with E-state index in [2.05, 4.69) is 20.2 Å². The Labute approximate surface area is 227 Å². The van der Waals surface area contributed by atoms with Crippen LogP contribution in [0.5, 0.6) is 11.5 Å². The summed E-state index contributed by atoms with van der Waals surface area (Å²) in [6.07, 6.45) is 4.44. The lowest BCUT2D eigenvalue weighted by atomic mass is 10.1. The second-order valence-corrected chi connectivity index (χ2v) is 11.9. The molecule has 0 bridgehead atoms. The van der Waals surface area contributed by atoms with Crippen LogP contribution in [0.15, 0.2) is 30.6 Å². The lowest BCUT2D eigenvalue weighted by Crippen LogP contribution is -2.30. The van der Waals surface area contributed by atoms with Crippen LogP contribution in [-0.2, 0) is 25.1 Å². The molecule has 2 aromatic heterocycles. The van der Waals surface area contributed by atoms with Gasteiger partial charge in [-0.2, -0.15) is 0 Å². The Kier molecular flexibility index (Phi) is 8.86. The average Bonchev–Trinajstić information content (AvgIpc) is 3.56. The number of aromatic nitrogens is 5. The second kappa shape index (κ2) is 11.9. The molecule has 1 aliphatic carbocycles. The smallest absolute Gasteiger partial charge is 0.163 e. The van der Waals surface area contributed by atoms with E-state index in [9.17, 15) is 8.42 Å². The van der Waals surface area contributed by atoms with Gasteiger partial charge in [-0.1, -0.05) is 17.7 Å². The Hall–Kier alpha value is -2.80. The monoisotopic (exact) mass is 565 g/mol. The highest BCUT2D eigenvalue weighted by Crippen LogP contribution is 2.40. The van der Waals surface area contributed by atoms with Crippen molar-refractivity contribution < 1.29 is 27.4 Å². The summed E-state index contributed by atoms with van der Waals surface area (Å²) < 4.78 is 51.6. The lowest BCUT2D eigenvalue weighted by molar-refractivity contribution is 0.0948. The molecule has 2 heterocycles. The van der Waals surface area contributed by atoms with Crippen molar-refractivity contribution in [3.05, 3.63) is 53.1 Å². The summed E-state index contributed by atoms with van der Waals surface area (Å²) in [6.45, 7) is 1.56. The summed E-state index contributed by atoms with van der Waals surface area (Å²) in [4.78, 5) is 8.33. The Balaban J connectivity index is 1.78. The van der Waals surface area contributed by atoms with Gasteiger partial charge < -0.3 is 18.9 Å². The number of para-hydroxylation sites is 1. The van der Waals surface area contributed by atoms with E-state index in [-0.39, 0.29) is 23.7 Å². The van der Waals surface area contributed by atoms with Crippen LogP contribution in [0.25, 0.3) is 5.69 Å². The highest BCUT2D eigenvalue weighted by Gasteiger charge is 2.37. The van der Waals surface area contributed by atoms with Gasteiger partial charge in [0.2, 0.25) is 0 Å². The van der Waals surface area contributed by atoms with Crippen LogP contribution >= 0.6 is 11.6 Å². The van der Waals surface area contributed by atoms with Crippen molar-refractivity contribution in [3.8, 4) is 17.2 Å². The van der Waals surface area contributed by atoms with Crippen LogP contribution in [0.4, 0.5) is 0 Å². The number of rotatable bonds is 11. The zero-order valence-corrected chi connectivity index (χ0v) is 23.6. The first-order valence-corrected chi connectivity index (χ1v) is 14.2. The van der Waals surface area contributed by atoms with Gasteiger partial charge in [0.15, 0.2) is 21.5 Å². The minimum atomic E-state index is -3.85. The third kappa shape index (κ3) is 5.63. The van der Waals surface area contributed by atoms with Crippen molar-refractivity contribution in [2.24, 2.45) is 0 Å². The molecular formula is C25H32ClN5O6S. The Morgan fingerprint density at radius 2 is 1.71 bits per heavy atom. The van der Waals surface area contributed by atoms with Crippen LogP contribution < -0.4 is 9.47 Å². The fourth-order valence-electron chi connectivity index (χ4n) is 4.85. The zero-order chi connectivity index (χ0) is 27.4. The molecule has 1 aliphatic rings. The molecule has 206 valence electrons. The third-order valence-electron chi connectivity index (χ3n) is 6.94. The van der Waals surface area contributed by atoms with Crippen LogP contribution in [0.2, 0.25) is 5.02 Å². The normalized spacial score (nSPS) is 19.3. The zero-order valence-electron chi connectivity index (χ0n) is 22.0. The summed E-state index contributed by atoms with van der Waals surface area (Å²) in [6, 6.07) is 5.37. The van der Waals surface area contributed by atoms with Crippen LogP contribution in [0.3, 0.4) is 0 Å². The van der Waals surface area contributed by atoms with E-state index in [4.69, 9.17) is 30.5 Å². The van der Waals surface area contributed by atoms with Gasteiger partial charge in [0.1, 0.15) is 34.9 Å². The van der Waals surface area contributed by atoms with E-state index < -0.39 is 26.9 Å². The number of methoxy groups -OCH3 is 4. The van der Waals surface area contributed by atoms with Gasteiger partial charge in [-0.05, 0) is 38.3 Å². The number of hydrogen-bond acceptors (Lipinski definition) is 10. The Morgan fingerprint density at radius 1 is 1.05 bits per heavy atom. The number of benzene rings is 1. The maximum absolute atomic E-state index is 13.7. The largest absolute Gasteiger partial charge is 0.494 e. The predicted octanol–water partition coefficient (Wildman–Crippen LogP) is 3.70. The van der Waals surface area contributed by atoms with Crippen molar-refractivity contribution in [1.82, 2.24) is 24.7 Å². The van der Waals surface area contributed by atoms with Gasteiger partial charge >= 0.3 is 0 Å². The topological polar surface area (TPSA) is 128 Å². The first kappa shape index (κ1) is 28.2. The molecule has 0 spiro atoms. The average molecular weight is 566 g/mol. The van der Waals surface area contributed by atoms with Gasteiger partial charge in [0.05, 0.1) is 30.6 Å². The molecule has 0 saturated heterocycles. The van der Waals surface area contributed by atoms with Crippen molar-refractivity contribution in [3.63, 3.8) is 0 Å². The summed E-state index contributed by atoms with van der Waals surface area (Å²) in [7, 11) is 2.36. The first-order chi connectivity index (χ1) is 18.2. The standard InChI is InChI=1S/C25H32ClN5O6S/c1-15(23(37-5)24-27-12-17(26)13-28-24)38(32,33)14-21-29-30-25(16-9-10-18(11-16)34-2)31(21)22-19(35-3)7-6-8-20(22)36-4/h6-8,12-13,15-16,18,23H,9-11,14H2,1-5H3/t15-,16?,18-,23-/m0/s1. The van der Waals surface area contributed by atoms with Gasteiger partial charge in [0.25, 0.3) is 0 Å². The third-order valence-corrected chi connectivity index (χ3v) is 9.17. The van der Waals surface area contributed by atoms with Crippen molar-refractivity contribution in [2.75, 3.05) is 28.4 Å². The number of nitrogens with zero attached hydrogens (tertiary/aromatic N) is 5. The Bertz CT molecular complexity index is 1330. The highest BCUT2D eigenvalue weighted by molar-refractivity contribution is 7.91. The maximum atomic E-state index is 13.7. The van der Waals surface area contributed by atoms with Crippen LogP contribution in [-0.4, -0.2) is 72.9 Å². The quantitative estimate of drug-likeness (QED) is 0.339. The van der Waals surface area contributed by atoms with Crippen molar-refractivity contribution in [2.45, 2.75) is 55.3 Å². The SMILES string of the molecule is COc1cccc(OC)c1-n1c(CS(=O)(=O)[C@@H](C)[C@H](OC)c2ncc(Cl)cn2)nnc1C1CC[C@H](OC)C1. The van der Waals surface area contributed by atoms with E-state index in [0.29, 0.717) is 28.0 Å². The fourth-order valence-corrected chi connectivity index (χ4v) is 6.37. The molecule has 11 nitrogen and oxygen atoms in total. The molecule has 4 atom stereocenters. The molecule has 1 fully saturated rings. The van der Waals surface area contributed by atoms with E-state index in [1.165, 1.54) is 19.5 Å². The van der Waals surface area contributed by atoms with Crippen LogP contribution in [0, 0.1) is 0 Å². The molecule has 0 amide bonds. The number of halogens is 1. The summed E-state index contributed by atoms with van der Waals surface area (Å²) in [5.41, 5.74) is 0.542. The summed E-state index contributed by atoms with van der Waals surface area (Å²) >= 11 is 5.91. The van der Waals surface area contributed by atoms with Crippen molar-refractivity contribution in [1.29, 1.82) is 0 Å². The lowest BCUT2D eigenvalue weighted by Gasteiger charge is -2.22. The van der Waals surface area contributed by atoms with E-state index in [1.54, 1.807) is 51.0 Å². The van der Waals surface area contributed by atoms with E-state index >= 15 is 0 Å². The molecular weight excluding hydrogens is 534 g/mol. The van der Waals surface area contributed by atoms with Gasteiger partial charge in [-0.15, -0.1) is 10.2 Å². The highest BCUT2D eigenvalue weighted by atomic mass is 35.5. The van der Waals surface area contributed by atoms with E-state index in [1.807, 2.05) is 0 Å². The number of hydrogen-bond donors (Lipinski definition) is 0. The molecule has 4 rings (SSSR count). The minimum absolute atomic E-state index is 0.0186. The second-order valence-electron chi connectivity index (χ2n) is 9.12. The Morgan fingerprint density at radius 3 is 2.26 bits per heavy atom. The fraction of sp³-hybridized carbons (Fsp3) is 0.520. The molecule has 1 saturated carbocycles. The molecule has 38 heavy (non-hydrogen) atoms. The number of ether oxygens (including phenoxy) is 4. The molecule has 0 N–H and O–H groups in total. The molecule has 0 aliphatic heterocycles. The molecule has 1 aromatic carbocycles. The van der Waals surface area contributed by atoms with Crippen molar-refractivity contribution >= 4 is 21.4 Å². The summed E-state index contributed by atoms with van der Waals surface area (Å²) in [5.74, 6) is 1.71. The predicted molar refractivity (Wildman–Crippen MR) is 141 cm³/mol. The minimum Gasteiger partial charge on any atom is -0.494 e. The summed E-state index contributed by atoms with van der Waals surface area (Å²) in [5, 5.41) is 8.20. The molecule has 0 radical (unpaired) electrons. The van der Waals surface area contributed by atoms with Crippen LogP contribution in [0.1, 0.15) is 55.7 Å². The number of sulfone groups is 1. The maximum Gasteiger partial charge on any atom is 0.163 e. The first-order valence-electron chi connectivity index (χ1n) is 12.1. The van der Waals surface area contributed by atoms with Gasteiger partial charge in [-0.25, -0.2) is 18.4 Å². The molecule has 13 heteroatoms. The molecule has 1 unspecified atom stereocenters. The van der Waals surface area contributed by atoms with Gasteiger partial charge in [-0.3, -0.25) is 4.57 Å². The molecule has 3 aromatic rings. The van der Waals surface area contributed by atoms with Gasteiger partial charge in [0, 0.05) is 32.5 Å².